The lowest BCUT2D eigenvalue weighted by Crippen LogP contribution is -2.34. The van der Waals surface area contributed by atoms with Gasteiger partial charge >= 0.3 is 5.55 Å². The first-order valence-electron chi connectivity index (χ1n) is 7.58. The van der Waals surface area contributed by atoms with Crippen LogP contribution in [0.2, 0.25) is 0 Å². The highest BCUT2D eigenvalue weighted by Gasteiger charge is 2.26. The van der Waals surface area contributed by atoms with Crippen LogP contribution in [0.5, 0.6) is 0 Å². The molecule has 20 heavy (non-hydrogen) atoms. The molecule has 0 unspecified atom stereocenters. The summed E-state index contributed by atoms with van der Waals surface area (Å²) in [4.78, 5) is 2.56. The summed E-state index contributed by atoms with van der Waals surface area (Å²) in [6, 6.07) is 6.62. The molecule has 3 heterocycles. The van der Waals surface area contributed by atoms with Gasteiger partial charge in [0.15, 0.2) is 0 Å². The van der Waals surface area contributed by atoms with Gasteiger partial charge in [0, 0.05) is 29.7 Å². The first kappa shape index (κ1) is 12.0. The number of hydrogen-bond acceptors (Lipinski definition) is 2. The predicted molar refractivity (Wildman–Crippen MR) is 82.2 cm³/mol. The van der Waals surface area contributed by atoms with E-state index >= 15 is 0 Å². The van der Waals surface area contributed by atoms with Crippen molar-refractivity contribution in [2.24, 2.45) is 0 Å². The van der Waals surface area contributed by atoms with Gasteiger partial charge in [-0.1, -0.05) is 0 Å². The molecule has 0 N–H and O–H groups in total. The van der Waals surface area contributed by atoms with Crippen molar-refractivity contribution < 1.29 is 4.42 Å². The van der Waals surface area contributed by atoms with E-state index in [1.807, 2.05) is 18.7 Å². The van der Waals surface area contributed by atoms with Crippen LogP contribution in [0.4, 0.5) is 5.69 Å². The SMILES string of the molecule is C[N+](C)=c1ccc2cc3c4c(c2o1)CCCN4CCC3. The van der Waals surface area contributed by atoms with Crippen LogP contribution >= 0.6 is 0 Å². The van der Waals surface area contributed by atoms with Crippen LogP contribution in [-0.4, -0.2) is 27.2 Å². The van der Waals surface area contributed by atoms with Gasteiger partial charge < -0.3 is 9.32 Å². The molecule has 4 rings (SSSR count). The topological polar surface area (TPSA) is 19.4 Å². The third-order valence-electron chi connectivity index (χ3n) is 4.55. The van der Waals surface area contributed by atoms with Crippen LogP contribution in [0, 0.1) is 0 Å². The molecule has 104 valence electrons. The maximum absolute atomic E-state index is 6.19. The maximum Gasteiger partial charge on any atom is 0.367 e. The average molecular weight is 269 g/mol. The summed E-state index contributed by atoms with van der Waals surface area (Å²) >= 11 is 0. The summed E-state index contributed by atoms with van der Waals surface area (Å²) in [6.45, 7) is 2.41. The van der Waals surface area contributed by atoms with Crippen LogP contribution in [-0.2, 0) is 12.8 Å². The molecular weight excluding hydrogens is 248 g/mol. The second-order valence-electron chi connectivity index (χ2n) is 6.14. The molecule has 2 aliphatic rings. The highest BCUT2D eigenvalue weighted by atomic mass is 16.3. The summed E-state index contributed by atoms with van der Waals surface area (Å²) in [6.07, 6.45) is 4.89. The highest BCUT2D eigenvalue weighted by molar-refractivity contribution is 5.88. The fourth-order valence-electron chi connectivity index (χ4n) is 3.64. The van der Waals surface area contributed by atoms with Crippen LogP contribution in [0.1, 0.15) is 24.0 Å². The molecule has 0 fully saturated rings. The minimum absolute atomic E-state index is 0.932. The zero-order valence-electron chi connectivity index (χ0n) is 12.3. The van der Waals surface area contributed by atoms with E-state index in [0.29, 0.717) is 0 Å². The summed E-state index contributed by atoms with van der Waals surface area (Å²) < 4.78 is 8.23. The van der Waals surface area contributed by atoms with Gasteiger partial charge in [-0.15, -0.1) is 0 Å². The molecule has 2 aromatic rings. The standard InChI is InChI=1S/C17H21N2O/c1-18(2)15-8-7-13-11-12-5-3-9-19-10-4-6-14(16(12)19)17(13)20-15/h7-8,11H,3-6,9-10H2,1-2H3/q+1. The van der Waals surface area contributed by atoms with E-state index in [9.17, 15) is 0 Å². The predicted octanol–water partition coefficient (Wildman–Crippen LogP) is 2.16. The van der Waals surface area contributed by atoms with Crippen molar-refractivity contribution in [1.82, 2.24) is 4.58 Å². The molecule has 0 amide bonds. The molecule has 0 bridgehead atoms. The van der Waals surface area contributed by atoms with Gasteiger partial charge in [0.25, 0.3) is 0 Å². The first-order chi connectivity index (χ1) is 9.74. The van der Waals surface area contributed by atoms with Crippen LogP contribution in [0.15, 0.2) is 22.6 Å². The second-order valence-corrected chi connectivity index (χ2v) is 6.14. The number of hydrogen-bond donors (Lipinski definition) is 0. The van der Waals surface area contributed by atoms with Crippen LogP contribution in [0.25, 0.3) is 11.0 Å². The van der Waals surface area contributed by atoms with E-state index in [0.717, 1.165) is 17.6 Å². The van der Waals surface area contributed by atoms with Crippen molar-refractivity contribution in [3.63, 3.8) is 0 Å². The molecule has 3 nitrogen and oxygen atoms in total. The molecule has 0 radical (unpaired) electrons. The van der Waals surface area contributed by atoms with Crippen molar-refractivity contribution in [2.45, 2.75) is 25.7 Å². The Balaban J connectivity index is 2.09. The van der Waals surface area contributed by atoms with E-state index in [1.54, 1.807) is 0 Å². The molecule has 1 aromatic heterocycles. The second kappa shape index (κ2) is 4.37. The van der Waals surface area contributed by atoms with Crippen molar-refractivity contribution in [3.05, 3.63) is 34.9 Å². The van der Waals surface area contributed by atoms with Gasteiger partial charge in [-0.2, -0.15) is 0 Å². The Morgan fingerprint density at radius 1 is 1.10 bits per heavy atom. The van der Waals surface area contributed by atoms with Gasteiger partial charge in [-0.25, -0.2) is 4.58 Å². The number of anilines is 1. The molecule has 0 aliphatic carbocycles. The molecule has 3 heteroatoms. The van der Waals surface area contributed by atoms with Gasteiger partial charge in [-0.3, -0.25) is 0 Å². The van der Waals surface area contributed by atoms with Crippen molar-refractivity contribution in [3.8, 4) is 0 Å². The normalized spacial score (nSPS) is 17.2. The van der Waals surface area contributed by atoms with Gasteiger partial charge in [0.1, 0.15) is 19.7 Å². The van der Waals surface area contributed by atoms with E-state index < -0.39 is 0 Å². The molecular formula is C17H21N2O+. The van der Waals surface area contributed by atoms with Crippen molar-refractivity contribution >= 4 is 16.7 Å². The lowest BCUT2D eigenvalue weighted by atomic mass is 9.90. The number of nitrogens with zero attached hydrogens (tertiary/aromatic N) is 2. The summed E-state index contributed by atoms with van der Waals surface area (Å²) in [5.41, 5.74) is 6.47. The van der Waals surface area contributed by atoms with Crippen molar-refractivity contribution in [1.29, 1.82) is 0 Å². The Morgan fingerprint density at radius 3 is 2.70 bits per heavy atom. The largest absolute Gasteiger partial charge is 0.404 e. The minimum atomic E-state index is 0.932. The Labute approximate surface area is 119 Å². The Morgan fingerprint density at radius 2 is 1.90 bits per heavy atom. The number of fused-ring (bicyclic) bond motifs is 2. The van der Waals surface area contributed by atoms with Crippen molar-refractivity contribution in [2.75, 3.05) is 32.1 Å². The fourth-order valence-corrected chi connectivity index (χ4v) is 3.64. The average Bonchev–Trinajstić information content (AvgIpc) is 2.47. The van der Waals surface area contributed by atoms with Crippen LogP contribution < -0.4 is 15.0 Å². The molecule has 0 saturated carbocycles. The Kier molecular flexibility index (Phi) is 2.62. The number of aryl methyl sites for hydroxylation is 2. The zero-order chi connectivity index (χ0) is 13.7. The number of rotatable bonds is 0. The van der Waals surface area contributed by atoms with E-state index in [2.05, 4.69) is 23.1 Å². The number of benzene rings is 1. The summed E-state index contributed by atoms with van der Waals surface area (Å²) in [7, 11) is 4.06. The monoisotopic (exact) mass is 269 g/mol. The smallest absolute Gasteiger partial charge is 0.367 e. The highest BCUT2D eigenvalue weighted by Crippen LogP contribution is 2.39. The van der Waals surface area contributed by atoms with E-state index in [4.69, 9.17) is 4.42 Å². The Bertz CT molecular complexity index is 751. The van der Waals surface area contributed by atoms with Gasteiger partial charge in [-0.05, 0) is 43.4 Å². The maximum atomic E-state index is 6.19. The minimum Gasteiger partial charge on any atom is -0.404 e. The third-order valence-corrected chi connectivity index (χ3v) is 4.55. The lowest BCUT2D eigenvalue weighted by molar-refractivity contribution is 0.488. The summed E-state index contributed by atoms with van der Waals surface area (Å²) in [5.74, 6) is 0. The summed E-state index contributed by atoms with van der Waals surface area (Å²) in [5, 5.41) is 1.26. The molecule has 2 aliphatic heterocycles. The van der Waals surface area contributed by atoms with E-state index in [1.165, 1.54) is 54.6 Å². The van der Waals surface area contributed by atoms with E-state index in [-0.39, 0.29) is 0 Å². The molecule has 1 aromatic carbocycles. The van der Waals surface area contributed by atoms with Gasteiger partial charge in [0.05, 0.1) is 6.07 Å². The molecule has 0 atom stereocenters. The quantitative estimate of drug-likeness (QED) is 0.683. The lowest BCUT2D eigenvalue weighted by Gasteiger charge is -2.37. The van der Waals surface area contributed by atoms with Gasteiger partial charge in [0.2, 0.25) is 0 Å². The molecule has 0 spiro atoms. The fraction of sp³-hybridized carbons (Fsp3) is 0.471. The Hall–Kier alpha value is -1.77. The van der Waals surface area contributed by atoms with Crippen LogP contribution in [0.3, 0.4) is 0 Å². The molecule has 0 saturated heterocycles. The third kappa shape index (κ3) is 1.69. The zero-order valence-corrected chi connectivity index (χ0v) is 12.3. The first-order valence-corrected chi connectivity index (χ1v) is 7.58.